The van der Waals surface area contributed by atoms with E-state index in [-0.39, 0.29) is 43.3 Å². The summed E-state index contributed by atoms with van der Waals surface area (Å²) >= 11 is 1.51. The summed E-state index contributed by atoms with van der Waals surface area (Å²) in [6.07, 6.45) is 0.594. The highest BCUT2D eigenvalue weighted by molar-refractivity contribution is 7.18. The summed E-state index contributed by atoms with van der Waals surface area (Å²) in [4.78, 5) is 40.7. The number of fused-ring (bicyclic) bond motifs is 1. The first-order valence-corrected chi connectivity index (χ1v) is 8.28. The lowest BCUT2D eigenvalue weighted by molar-refractivity contribution is -0.134. The Morgan fingerprint density at radius 2 is 1.96 bits per heavy atom. The second-order valence-corrected chi connectivity index (χ2v) is 6.86. The number of ketones is 2. The standard InChI is InChI=1S/C17H20N2O3S/c1-11-4-6-14-15(8-11)23-16(18-14)9-13(21)10-19(3)17(22)7-5-12(2)20/h4,6,8H,5,7,9-10H2,1-3H3. The van der Waals surface area contributed by atoms with Gasteiger partial charge >= 0.3 is 0 Å². The number of carbonyl (C=O) groups excluding carboxylic acids is 3. The van der Waals surface area contributed by atoms with Crippen molar-refractivity contribution in [2.24, 2.45) is 0 Å². The van der Waals surface area contributed by atoms with E-state index in [0.717, 1.165) is 20.8 Å². The zero-order valence-corrected chi connectivity index (χ0v) is 14.4. The minimum atomic E-state index is -0.187. The monoisotopic (exact) mass is 332 g/mol. The first-order chi connectivity index (χ1) is 10.8. The molecule has 0 aliphatic heterocycles. The van der Waals surface area contributed by atoms with Crippen molar-refractivity contribution in [2.75, 3.05) is 13.6 Å². The molecule has 1 amide bonds. The number of hydrogen-bond donors (Lipinski definition) is 0. The summed E-state index contributed by atoms with van der Waals surface area (Å²) in [6, 6.07) is 6.00. The number of likely N-dealkylation sites (N-methyl/N-ethyl adjacent to an activating group) is 1. The molecule has 5 nitrogen and oxygen atoms in total. The van der Waals surface area contributed by atoms with E-state index in [1.54, 1.807) is 7.05 Å². The number of aryl methyl sites for hydroxylation is 1. The summed E-state index contributed by atoms with van der Waals surface area (Å²) < 4.78 is 1.07. The van der Waals surface area contributed by atoms with Crippen molar-refractivity contribution in [1.29, 1.82) is 0 Å². The summed E-state index contributed by atoms with van der Waals surface area (Å²) in [5, 5.41) is 0.764. The number of aromatic nitrogens is 1. The van der Waals surface area contributed by atoms with Crippen molar-refractivity contribution in [2.45, 2.75) is 33.1 Å². The van der Waals surface area contributed by atoms with Crippen LogP contribution in [0.3, 0.4) is 0 Å². The zero-order chi connectivity index (χ0) is 17.0. The van der Waals surface area contributed by atoms with Gasteiger partial charge < -0.3 is 9.69 Å². The number of amides is 1. The molecule has 0 radical (unpaired) electrons. The fourth-order valence-corrected chi connectivity index (χ4v) is 3.30. The molecular formula is C17H20N2O3S. The normalized spacial score (nSPS) is 10.7. The molecule has 122 valence electrons. The molecule has 1 aromatic heterocycles. The molecule has 0 atom stereocenters. The maximum Gasteiger partial charge on any atom is 0.223 e. The topological polar surface area (TPSA) is 67.3 Å². The molecule has 0 saturated carbocycles. The number of thiazole rings is 1. The second-order valence-electron chi connectivity index (χ2n) is 5.75. The largest absolute Gasteiger partial charge is 0.338 e. The van der Waals surface area contributed by atoms with Gasteiger partial charge in [-0.25, -0.2) is 4.98 Å². The number of hydrogen-bond acceptors (Lipinski definition) is 5. The molecule has 6 heteroatoms. The highest BCUT2D eigenvalue weighted by Crippen LogP contribution is 2.23. The number of Topliss-reactive ketones (excluding diaryl/α,β-unsaturated/α-hetero) is 2. The Bertz CT molecular complexity index is 751. The Labute approximate surface area is 139 Å². The van der Waals surface area contributed by atoms with E-state index in [2.05, 4.69) is 11.1 Å². The van der Waals surface area contributed by atoms with Crippen LogP contribution >= 0.6 is 11.3 Å². The second kappa shape index (κ2) is 7.46. The van der Waals surface area contributed by atoms with Gasteiger partial charge in [0.05, 0.1) is 23.2 Å². The third-order valence-electron chi connectivity index (χ3n) is 3.47. The highest BCUT2D eigenvalue weighted by atomic mass is 32.1. The van der Waals surface area contributed by atoms with Gasteiger partial charge in [0.2, 0.25) is 5.91 Å². The van der Waals surface area contributed by atoms with Crippen molar-refractivity contribution >= 4 is 39.0 Å². The predicted molar refractivity (Wildman–Crippen MR) is 90.6 cm³/mol. The van der Waals surface area contributed by atoms with Crippen molar-refractivity contribution in [1.82, 2.24) is 9.88 Å². The van der Waals surface area contributed by atoms with E-state index in [9.17, 15) is 14.4 Å². The van der Waals surface area contributed by atoms with Crippen molar-refractivity contribution < 1.29 is 14.4 Å². The number of rotatable bonds is 7. The third-order valence-corrected chi connectivity index (χ3v) is 4.48. The van der Waals surface area contributed by atoms with Crippen LogP contribution in [0, 0.1) is 6.92 Å². The van der Waals surface area contributed by atoms with Crippen LogP contribution in [0.15, 0.2) is 18.2 Å². The van der Waals surface area contributed by atoms with Gasteiger partial charge in [-0.15, -0.1) is 11.3 Å². The summed E-state index contributed by atoms with van der Waals surface area (Å²) in [6.45, 7) is 3.52. The van der Waals surface area contributed by atoms with Crippen molar-refractivity contribution in [3.63, 3.8) is 0 Å². The molecule has 0 aliphatic rings. The fraction of sp³-hybridized carbons (Fsp3) is 0.412. The lowest BCUT2D eigenvalue weighted by Crippen LogP contribution is -2.32. The average Bonchev–Trinajstić information content (AvgIpc) is 2.85. The van der Waals surface area contributed by atoms with Crippen LogP contribution in [0.2, 0.25) is 0 Å². The maximum atomic E-state index is 12.1. The van der Waals surface area contributed by atoms with E-state index in [4.69, 9.17) is 0 Å². The minimum Gasteiger partial charge on any atom is -0.338 e. The molecule has 0 unspecified atom stereocenters. The van der Waals surface area contributed by atoms with Gasteiger partial charge in [0.15, 0.2) is 5.78 Å². The van der Waals surface area contributed by atoms with E-state index in [0.29, 0.717) is 0 Å². The van der Waals surface area contributed by atoms with E-state index < -0.39 is 0 Å². The molecule has 0 fully saturated rings. The zero-order valence-electron chi connectivity index (χ0n) is 13.6. The molecule has 0 N–H and O–H groups in total. The van der Waals surface area contributed by atoms with E-state index in [1.807, 2.05) is 19.1 Å². The van der Waals surface area contributed by atoms with Gasteiger partial charge in [0.1, 0.15) is 10.8 Å². The summed E-state index contributed by atoms with van der Waals surface area (Å²) in [7, 11) is 1.59. The smallest absolute Gasteiger partial charge is 0.223 e. The lowest BCUT2D eigenvalue weighted by Gasteiger charge is -2.15. The molecule has 1 aromatic carbocycles. The van der Waals surface area contributed by atoms with Crippen LogP contribution < -0.4 is 0 Å². The third kappa shape index (κ3) is 4.96. The van der Waals surface area contributed by atoms with Gasteiger partial charge in [-0.2, -0.15) is 0 Å². The molecule has 23 heavy (non-hydrogen) atoms. The molecule has 0 spiro atoms. The van der Waals surface area contributed by atoms with Gasteiger partial charge in [-0.1, -0.05) is 6.07 Å². The molecular weight excluding hydrogens is 312 g/mol. The highest BCUT2D eigenvalue weighted by Gasteiger charge is 2.15. The first-order valence-electron chi connectivity index (χ1n) is 7.46. The van der Waals surface area contributed by atoms with E-state index in [1.165, 1.54) is 23.2 Å². The van der Waals surface area contributed by atoms with Crippen molar-refractivity contribution in [3.05, 3.63) is 28.8 Å². The molecule has 2 rings (SSSR count). The SMILES string of the molecule is CC(=O)CCC(=O)N(C)CC(=O)Cc1nc2ccc(C)cc2s1. The van der Waals surface area contributed by atoms with Crippen LogP contribution in [0.5, 0.6) is 0 Å². The number of carbonyl (C=O) groups is 3. The quantitative estimate of drug-likeness (QED) is 0.781. The van der Waals surface area contributed by atoms with Crippen LogP contribution in [-0.2, 0) is 20.8 Å². The van der Waals surface area contributed by atoms with Crippen LogP contribution in [0.25, 0.3) is 10.2 Å². The summed E-state index contributed by atoms with van der Waals surface area (Å²) in [5.41, 5.74) is 2.06. The molecule has 2 aromatic rings. The lowest BCUT2D eigenvalue weighted by atomic mass is 10.2. The van der Waals surface area contributed by atoms with Crippen LogP contribution in [0.4, 0.5) is 0 Å². The van der Waals surface area contributed by atoms with Gasteiger partial charge in [-0.05, 0) is 31.5 Å². The van der Waals surface area contributed by atoms with Gasteiger partial charge in [-0.3, -0.25) is 9.59 Å². The van der Waals surface area contributed by atoms with Crippen LogP contribution in [-0.4, -0.2) is 40.9 Å². The number of nitrogens with zero attached hydrogens (tertiary/aromatic N) is 2. The van der Waals surface area contributed by atoms with Gasteiger partial charge in [0, 0.05) is 19.9 Å². The summed E-state index contributed by atoms with van der Waals surface area (Å²) in [5.74, 6) is -0.268. The fourth-order valence-electron chi connectivity index (χ4n) is 2.21. The molecule has 0 bridgehead atoms. The molecule has 0 aliphatic carbocycles. The Hall–Kier alpha value is -2.08. The van der Waals surface area contributed by atoms with Crippen LogP contribution in [0.1, 0.15) is 30.3 Å². The molecule has 1 heterocycles. The Morgan fingerprint density at radius 1 is 1.22 bits per heavy atom. The van der Waals surface area contributed by atoms with Gasteiger partial charge in [0.25, 0.3) is 0 Å². The van der Waals surface area contributed by atoms with E-state index >= 15 is 0 Å². The maximum absolute atomic E-state index is 12.1. The van der Waals surface area contributed by atoms with Crippen molar-refractivity contribution in [3.8, 4) is 0 Å². The first kappa shape index (κ1) is 17.3. The average molecular weight is 332 g/mol. The Morgan fingerprint density at radius 3 is 2.65 bits per heavy atom. The minimum absolute atomic E-state index is 0.0251. The molecule has 0 saturated heterocycles. The Kier molecular flexibility index (Phi) is 5.60. The number of benzene rings is 1. The Balaban J connectivity index is 1.92. The predicted octanol–water partition coefficient (Wildman–Crippen LogP) is 2.54.